The fourth-order valence-electron chi connectivity index (χ4n) is 4.15. The lowest BCUT2D eigenvalue weighted by atomic mass is 10.0. The molecule has 4 amide bonds. The molecule has 1 heterocycles. The summed E-state index contributed by atoms with van der Waals surface area (Å²) in [7, 11) is 1.48. The molecule has 0 unspecified atom stereocenters. The van der Waals surface area contributed by atoms with Crippen LogP contribution >= 0.6 is 0 Å². The average Bonchev–Trinajstić information content (AvgIpc) is 2.91. The topological polar surface area (TPSA) is 109 Å². The maximum Gasteiger partial charge on any atom is 0.335 e. The predicted molar refractivity (Wildman–Crippen MR) is 143 cm³/mol. The van der Waals surface area contributed by atoms with E-state index in [1.165, 1.54) is 13.2 Å². The number of nitrogens with zero attached hydrogens (tertiary/aromatic N) is 2. The molecule has 4 rings (SSSR count). The Kier molecular flexibility index (Phi) is 7.69. The number of barbiturate groups is 1. The molecule has 3 aromatic carbocycles. The number of nitrogens with one attached hydrogen (secondary N) is 1. The maximum absolute atomic E-state index is 13.3. The third kappa shape index (κ3) is 5.18. The number of para-hydroxylation sites is 1. The van der Waals surface area contributed by atoms with Crippen molar-refractivity contribution in [1.82, 2.24) is 5.32 Å². The zero-order valence-electron chi connectivity index (χ0n) is 21.0. The van der Waals surface area contributed by atoms with Gasteiger partial charge in [-0.25, -0.2) is 9.69 Å². The molecular formula is C30H25N3O5. The van der Waals surface area contributed by atoms with Gasteiger partial charge >= 0.3 is 6.03 Å². The van der Waals surface area contributed by atoms with Crippen LogP contribution in [-0.2, 0) is 22.6 Å². The van der Waals surface area contributed by atoms with Crippen LogP contribution in [0.3, 0.4) is 0 Å². The number of carbonyl (C=O) groups is 3. The molecule has 190 valence electrons. The summed E-state index contributed by atoms with van der Waals surface area (Å²) < 4.78 is 11.7. The lowest BCUT2D eigenvalue weighted by Gasteiger charge is -2.27. The van der Waals surface area contributed by atoms with Crippen LogP contribution in [0.5, 0.6) is 11.5 Å². The van der Waals surface area contributed by atoms with E-state index < -0.39 is 17.8 Å². The molecule has 38 heavy (non-hydrogen) atoms. The van der Waals surface area contributed by atoms with Crippen molar-refractivity contribution in [3.63, 3.8) is 0 Å². The lowest BCUT2D eigenvalue weighted by Crippen LogP contribution is -2.54. The monoisotopic (exact) mass is 507 g/mol. The Morgan fingerprint density at radius 2 is 1.79 bits per heavy atom. The number of rotatable bonds is 8. The van der Waals surface area contributed by atoms with Crippen molar-refractivity contribution in [2.24, 2.45) is 0 Å². The molecule has 1 saturated heterocycles. The first-order valence-electron chi connectivity index (χ1n) is 11.8. The molecule has 8 heteroatoms. The number of hydrogen-bond donors (Lipinski definition) is 1. The second kappa shape index (κ2) is 11.3. The zero-order chi connectivity index (χ0) is 27.2. The quantitative estimate of drug-likeness (QED) is 0.265. The first kappa shape index (κ1) is 25.9. The van der Waals surface area contributed by atoms with Crippen molar-refractivity contribution in [2.45, 2.75) is 20.0 Å². The number of methoxy groups -OCH3 is 1. The number of hydrogen-bond acceptors (Lipinski definition) is 6. The summed E-state index contributed by atoms with van der Waals surface area (Å²) in [5, 5.41) is 11.6. The average molecular weight is 508 g/mol. The molecule has 0 radical (unpaired) electrons. The SMILES string of the molecule is C=CCc1cc(/C=C2\C(=O)NC(=O)N(c3ccccc3C)C2=O)cc(OC)c1OCc1ccccc1C#N. The molecule has 0 atom stereocenters. The van der Waals surface area contributed by atoms with Crippen molar-refractivity contribution in [2.75, 3.05) is 12.0 Å². The van der Waals surface area contributed by atoms with Gasteiger partial charge in [0.05, 0.1) is 24.4 Å². The van der Waals surface area contributed by atoms with Crippen LogP contribution in [0.4, 0.5) is 10.5 Å². The van der Waals surface area contributed by atoms with Crippen LogP contribution in [0.2, 0.25) is 0 Å². The summed E-state index contributed by atoms with van der Waals surface area (Å²) in [5.74, 6) is -0.687. The van der Waals surface area contributed by atoms with Crippen LogP contribution in [0.15, 0.2) is 78.9 Å². The molecule has 1 aliphatic rings. The number of ether oxygens (including phenoxy) is 2. The van der Waals surface area contributed by atoms with E-state index >= 15 is 0 Å². The van der Waals surface area contributed by atoms with Gasteiger partial charge in [0.25, 0.3) is 11.8 Å². The summed E-state index contributed by atoms with van der Waals surface area (Å²) in [6, 6.07) is 18.8. The number of amides is 4. The minimum atomic E-state index is -0.808. The second-order valence-corrected chi connectivity index (χ2v) is 8.51. The van der Waals surface area contributed by atoms with Gasteiger partial charge in [-0.1, -0.05) is 42.5 Å². The Morgan fingerprint density at radius 3 is 2.50 bits per heavy atom. The van der Waals surface area contributed by atoms with Crippen molar-refractivity contribution in [1.29, 1.82) is 5.26 Å². The summed E-state index contributed by atoms with van der Waals surface area (Å²) in [6.45, 7) is 5.72. The normalized spacial score (nSPS) is 14.2. The molecule has 8 nitrogen and oxygen atoms in total. The Balaban J connectivity index is 1.72. The summed E-state index contributed by atoms with van der Waals surface area (Å²) in [6.07, 6.45) is 3.52. The number of aryl methyl sites for hydroxylation is 1. The third-order valence-corrected chi connectivity index (χ3v) is 6.02. The summed E-state index contributed by atoms with van der Waals surface area (Å²) >= 11 is 0. The molecule has 1 fully saturated rings. The fourth-order valence-corrected chi connectivity index (χ4v) is 4.15. The Labute approximate surface area is 220 Å². The summed E-state index contributed by atoms with van der Waals surface area (Å²) in [4.78, 5) is 39.5. The minimum absolute atomic E-state index is 0.138. The molecular weight excluding hydrogens is 482 g/mol. The van der Waals surface area contributed by atoms with E-state index in [0.717, 1.165) is 10.5 Å². The highest BCUT2D eigenvalue weighted by molar-refractivity contribution is 6.39. The van der Waals surface area contributed by atoms with Crippen LogP contribution in [0, 0.1) is 18.3 Å². The number of anilines is 1. The van der Waals surface area contributed by atoms with Gasteiger partial charge in [-0.15, -0.1) is 6.58 Å². The van der Waals surface area contributed by atoms with Crippen molar-refractivity contribution < 1.29 is 23.9 Å². The number of carbonyl (C=O) groups excluding carboxylic acids is 3. The van der Waals surface area contributed by atoms with Crippen LogP contribution in [-0.4, -0.2) is 25.0 Å². The minimum Gasteiger partial charge on any atom is -0.493 e. The van der Waals surface area contributed by atoms with Gasteiger partial charge in [0.1, 0.15) is 12.2 Å². The van der Waals surface area contributed by atoms with E-state index in [-0.39, 0.29) is 12.2 Å². The first-order chi connectivity index (χ1) is 18.4. The highest BCUT2D eigenvalue weighted by Gasteiger charge is 2.37. The Hall–Kier alpha value is -5.16. The number of urea groups is 1. The molecule has 3 aromatic rings. The van der Waals surface area contributed by atoms with Crippen molar-refractivity contribution in [3.8, 4) is 17.6 Å². The molecule has 0 aromatic heterocycles. The van der Waals surface area contributed by atoms with E-state index in [1.54, 1.807) is 61.5 Å². The highest BCUT2D eigenvalue weighted by Crippen LogP contribution is 2.35. The van der Waals surface area contributed by atoms with E-state index in [4.69, 9.17) is 9.47 Å². The van der Waals surface area contributed by atoms with Crippen molar-refractivity contribution in [3.05, 3.63) is 107 Å². The summed E-state index contributed by atoms with van der Waals surface area (Å²) in [5.41, 5.74) is 3.33. The highest BCUT2D eigenvalue weighted by atomic mass is 16.5. The Bertz CT molecular complexity index is 1520. The van der Waals surface area contributed by atoms with E-state index in [9.17, 15) is 19.6 Å². The van der Waals surface area contributed by atoms with Gasteiger partial charge in [-0.3, -0.25) is 14.9 Å². The largest absolute Gasteiger partial charge is 0.493 e. The molecule has 1 N–H and O–H groups in total. The molecule has 0 spiro atoms. The van der Waals surface area contributed by atoms with E-state index in [0.29, 0.717) is 45.9 Å². The predicted octanol–water partition coefficient (Wildman–Crippen LogP) is 4.85. The maximum atomic E-state index is 13.3. The number of benzene rings is 3. The van der Waals surface area contributed by atoms with Gasteiger partial charge in [-0.05, 0) is 54.8 Å². The smallest absolute Gasteiger partial charge is 0.335 e. The third-order valence-electron chi connectivity index (χ3n) is 6.02. The first-order valence-corrected chi connectivity index (χ1v) is 11.8. The standard InChI is InChI=1S/C30H25N3O5/c1-4-9-21-14-20(16-26(37-3)27(21)38-18-23-12-7-6-11-22(23)17-31)15-24-28(34)32-30(36)33(29(24)35)25-13-8-5-10-19(25)2/h4-8,10-16H,1,9,18H2,2-3H3,(H,32,34,36)/b24-15+. The van der Waals surface area contributed by atoms with Crippen LogP contribution in [0.1, 0.15) is 27.8 Å². The lowest BCUT2D eigenvalue weighted by molar-refractivity contribution is -0.122. The molecule has 1 aliphatic heterocycles. The van der Waals surface area contributed by atoms with E-state index in [1.807, 2.05) is 12.1 Å². The van der Waals surface area contributed by atoms with Gasteiger partial charge in [0.15, 0.2) is 11.5 Å². The number of imide groups is 2. The molecule has 0 saturated carbocycles. The number of nitriles is 1. The van der Waals surface area contributed by atoms with Crippen LogP contribution in [0.25, 0.3) is 6.08 Å². The van der Waals surface area contributed by atoms with Gasteiger partial charge in [-0.2, -0.15) is 5.26 Å². The van der Waals surface area contributed by atoms with Gasteiger partial charge < -0.3 is 9.47 Å². The van der Waals surface area contributed by atoms with Gasteiger partial charge in [0, 0.05) is 11.1 Å². The van der Waals surface area contributed by atoms with Gasteiger partial charge in [0.2, 0.25) is 0 Å². The van der Waals surface area contributed by atoms with Crippen molar-refractivity contribution >= 4 is 29.6 Å². The fraction of sp³-hybridized carbons (Fsp3) is 0.133. The Morgan fingerprint density at radius 1 is 1.05 bits per heavy atom. The number of allylic oxidation sites excluding steroid dienone is 1. The molecule has 0 aliphatic carbocycles. The zero-order valence-corrected chi connectivity index (χ0v) is 21.0. The van der Waals surface area contributed by atoms with E-state index in [2.05, 4.69) is 18.0 Å². The van der Waals surface area contributed by atoms with Crippen LogP contribution < -0.4 is 19.7 Å². The second-order valence-electron chi connectivity index (χ2n) is 8.51. The molecule has 0 bridgehead atoms.